The zero-order chi connectivity index (χ0) is 10.7. The van der Waals surface area contributed by atoms with Gasteiger partial charge in [-0.3, -0.25) is 0 Å². The Bertz CT molecular complexity index is 299. The lowest BCUT2D eigenvalue weighted by Crippen LogP contribution is -2.30. The Morgan fingerprint density at radius 3 is 2.87 bits per heavy atom. The van der Waals surface area contributed by atoms with Gasteiger partial charge in [0.1, 0.15) is 0 Å². The number of hydrogen-bond donors (Lipinski definition) is 1. The fraction of sp³-hybridized carbons (Fsp3) is 0.692. The van der Waals surface area contributed by atoms with Gasteiger partial charge in [-0.1, -0.05) is 13.3 Å². The third-order valence-electron chi connectivity index (χ3n) is 3.25. The van der Waals surface area contributed by atoms with Gasteiger partial charge in [-0.15, -0.1) is 0 Å². The summed E-state index contributed by atoms with van der Waals surface area (Å²) >= 11 is 0. The molecule has 1 aromatic rings. The summed E-state index contributed by atoms with van der Waals surface area (Å²) in [5.41, 5.74) is 1.40. The molecule has 0 aromatic carbocycles. The van der Waals surface area contributed by atoms with Crippen molar-refractivity contribution in [3.05, 3.63) is 24.0 Å². The molecule has 84 valence electrons. The lowest BCUT2D eigenvalue weighted by atomic mass is 10.1. The number of aryl methyl sites for hydroxylation is 1. The van der Waals surface area contributed by atoms with Crippen LogP contribution in [0, 0.1) is 5.92 Å². The highest BCUT2D eigenvalue weighted by Crippen LogP contribution is 2.34. The molecule has 0 spiro atoms. The molecule has 15 heavy (non-hydrogen) atoms. The molecule has 1 saturated carbocycles. The Morgan fingerprint density at radius 2 is 2.33 bits per heavy atom. The molecule has 1 N–H and O–H groups in total. The second-order valence-electron chi connectivity index (χ2n) is 4.80. The van der Waals surface area contributed by atoms with Crippen LogP contribution in [0.4, 0.5) is 0 Å². The summed E-state index contributed by atoms with van der Waals surface area (Å²) in [6, 6.07) is 2.96. The van der Waals surface area contributed by atoms with Crippen molar-refractivity contribution < 1.29 is 0 Å². The zero-order valence-corrected chi connectivity index (χ0v) is 9.87. The van der Waals surface area contributed by atoms with Crippen molar-refractivity contribution in [2.45, 2.75) is 45.2 Å². The van der Waals surface area contributed by atoms with Gasteiger partial charge in [0.05, 0.1) is 0 Å². The first-order valence-electron chi connectivity index (χ1n) is 6.14. The van der Waals surface area contributed by atoms with Crippen LogP contribution in [0.3, 0.4) is 0 Å². The van der Waals surface area contributed by atoms with E-state index in [-0.39, 0.29) is 0 Å². The number of nitrogens with one attached hydrogen (secondary N) is 1. The maximum absolute atomic E-state index is 3.70. The summed E-state index contributed by atoms with van der Waals surface area (Å²) in [7, 11) is 2.08. The zero-order valence-electron chi connectivity index (χ0n) is 9.87. The van der Waals surface area contributed by atoms with Gasteiger partial charge in [-0.05, 0) is 36.8 Å². The first-order chi connectivity index (χ1) is 7.29. The Hall–Kier alpha value is -0.760. The van der Waals surface area contributed by atoms with Crippen LogP contribution in [-0.4, -0.2) is 10.6 Å². The van der Waals surface area contributed by atoms with Crippen LogP contribution in [0.5, 0.6) is 0 Å². The monoisotopic (exact) mass is 206 g/mol. The van der Waals surface area contributed by atoms with E-state index in [1.807, 2.05) is 0 Å². The van der Waals surface area contributed by atoms with Crippen LogP contribution in [0.15, 0.2) is 18.5 Å². The second-order valence-corrected chi connectivity index (χ2v) is 4.80. The molecule has 1 aliphatic rings. The summed E-state index contributed by atoms with van der Waals surface area (Å²) in [5.74, 6) is 0.966. The SMILES string of the molecule is CCCC(NCc1ccn(C)c1)C1CC1. The molecule has 1 heterocycles. The van der Waals surface area contributed by atoms with E-state index < -0.39 is 0 Å². The minimum Gasteiger partial charge on any atom is -0.357 e. The lowest BCUT2D eigenvalue weighted by molar-refractivity contribution is 0.430. The van der Waals surface area contributed by atoms with Gasteiger partial charge < -0.3 is 9.88 Å². The van der Waals surface area contributed by atoms with Crippen molar-refractivity contribution in [2.24, 2.45) is 13.0 Å². The fourth-order valence-electron chi connectivity index (χ4n) is 2.23. The number of aromatic nitrogens is 1. The maximum atomic E-state index is 3.70. The van der Waals surface area contributed by atoms with Crippen LogP contribution in [0.1, 0.15) is 38.2 Å². The molecule has 1 aliphatic carbocycles. The smallest absolute Gasteiger partial charge is 0.0223 e. The second kappa shape index (κ2) is 4.84. The molecule has 2 heteroatoms. The Kier molecular flexibility index (Phi) is 3.47. The van der Waals surface area contributed by atoms with Crippen LogP contribution < -0.4 is 5.32 Å². The molecule has 2 rings (SSSR count). The van der Waals surface area contributed by atoms with Crippen LogP contribution in [0.2, 0.25) is 0 Å². The van der Waals surface area contributed by atoms with Gasteiger partial charge in [-0.25, -0.2) is 0 Å². The van der Waals surface area contributed by atoms with Gasteiger partial charge in [-0.2, -0.15) is 0 Å². The predicted molar refractivity (Wildman–Crippen MR) is 63.7 cm³/mol. The van der Waals surface area contributed by atoms with Crippen molar-refractivity contribution in [3.8, 4) is 0 Å². The first kappa shape index (κ1) is 10.7. The highest BCUT2D eigenvalue weighted by atomic mass is 14.9. The molecule has 1 atom stereocenters. The van der Waals surface area contributed by atoms with Gasteiger partial charge >= 0.3 is 0 Å². The average Bonchev–Trinajstić information content (AvgIpc) is 2.97. The van der Waals surface area contributed by atoms with E-state index in [0.29, 0.717) is 0 Å². The average molecular weight is 206 g/mol. The van der Waals surface area contributed by atoms with Crippen molar-refractivity contribution in [1.82, 2.24) is 9.88 Å². The van der Waals surface area contributed by atoms with E-state index in [1.54, 1.807) is 0 Å². The summed E-state index contributed by atoms with van der Waals surface area (Å²) in [5, 5.41) is 3.70. The van der Waals surface area contributed by atoms with E-state index in [4.69, 9.17) is 0 Å². The number of rotatable bonds is 6. The maximum Gasteiger partial charge on any atom is 0.0223 e. The largest absolute Gasteiger partial charge is 0.357 e. The Labute approximate surface area is 92.7 Å². The van der Waals surface area contributed by atoms with Gasteiger partial charge in [0.25, 0.3) is 0 Å². The summed E-state index contributed by atoms with van der Waals surface area (Å²) in [6.07, 6.45) is 9.81. The van der Waals surface area contributed by atoms with Crippen LogP contribution in [-0.2, 0) is 13.6 Å². The summed E-state index contributed by atoms with van der Waals surface area (Å²) in [6.45, 7) is 3.31. The van der Waals surface area contributed by atoms with E-state index in [9.17, 15) is 0 Å². The topological polar surface area (TPSA) is 17.0 Å². The molecule has 0 aliphatic heterocycles. The van der Waals surface area contributed by atoms with Crippen LogP contribution >= 0.6 is 0 Å². The van der Waals surface area contributed by atoms with Crippen molar-refractivity contribution in [2.75, 3.05) is 0 Å². The highest BCUT2D eigenvalue weighted by molar-refractivity contribution is 5.09. The molecule has 1 aromatic heterocycles. The standard InChI is InChI=1S/C13H22N2/c1-3-4-13(12-5-6-12)14-9-11-7-8-15(2)10-11/h7-8,10,12-14H,3-6,9H2,1-2H3. The summed E-state index contributed by atoms with van der Waals surface area (Å²) < 4.78 is 2.11. The molecule has 0 radical (unpaired) electrons. The van der Waals surface area contributed by atoms with Gasteiger partial charge in [0.15, 0.2) is 0 Å². The molecule has 1 unspecified atom stereocenters. The van der Waals surface area contributed by atoms with Gasteiger partial charge in [0.2, 0.25) is 0 Å². The van der Waals surface area contributed by atoms with E-state index in [2.05, 4.69) is 42.3 Å². The molecule has 2 nitrogen and oxygen atoms in total. The van der Waals surface area contributed by atoms with E-state index in [0.717, 1.165) is 18.5 Å². The third-order valence-corrected chi connectivity index (χ3v) is 3.25. The molecule has 0 bridgehead atoms. The normalized spacial score (nSPS) is 18.0. The third kappa shape index (κ3) is 3.10. The summed E-state index contributed by atoms with van der Waals surface area (Å²) in [4.78, 5) is 0. The number of nitrogens with zero attached hydrogens (tertiary/aromatic N) is 1. The molecule has 0 saturated heterocycles. The molecule has 0 amide bonds. The lowest BCUT2D eigenvalue weighted by Gasteiger charge is -2.16. The van der Waals surface area contributed by atoms with Crippen molar-refractivity contribution in [3.63, 3.8) is 0 Å². The molecule has 1 fully saturated rings. The van der Waals surface area contributed by atoms with Crippen LogP contribution in [0.25, 0.3) is 0 Å². The van der Waals surface area contributed by atoms with Gasteiger partial charge in [0, 0.05) is 32.0 Å². The van der Waals surface area contributed by atoms with Crippen molar-refractivity contribution in [1.29, 1.82) is 0 Å². The fourth-order valence-corrected chi connectivity index (χ4v) is 2.23. The van der Waals surface area contributed by atoms with Crippen molar-refractivity contribution >= 4 is 0 Å². The quantitative estimate of drug-likeness (QED) is 0.757. The minimum atomic E-state index is 0.759. The molecular weight excluding hydrogens is 184 g/mol. The molecular formula is C13H22N2. The minimum absolute atomic E-state index is 0.759. The predicted octanol–water partition coefficient (Wildman–Crippen LogP) is 2.69. The number of hydrogen-bond acceptors (Lipinski definition) is 1. The Morgan fingerprint density at radius 1 is 1.53 bits per heavy atom. The first-order valence-corrected chi connectivity index (χ1v) is 6.14. The van der Waals surface area contributed by atoms with E-state index in [1.165, 1.54) is 31.2 Å². The highest BCUT2D eigenvalue weighted by Gasteiger charge is 2.29. The Balaban J connectivity index is 1.79. The van der Waals surface area contributed by atoms with E-state index >= 15 is 0 Å².